The summed E-state index contributed by atoms with van der Waals surface area (Å²) >= 11 is 0. The minimum Gasteiger partial charge on any atom is -0.494 e. The number of aliphatic hydroxyl groups is 1. The molecule has 0 aliphatic rings. The number of allylic oxidation sites excluding steroid dienone is 1. The summed E-state index contributed by atoms with van der Waals surface area (Å²) in [5, 5.41) is 8.71. The van der Waals surface area contributed by atoms with Crippen molar-refractivity contribution in [1.82, 2.24) is 0 Å². The van der Waals surface area contributed by atoms with E-state index in [9.17, 15) is 9.18 Å². The zero-order valence-electron chi connectivity index (χ0n) is 14.2. The van der Waals surface area contributed by atoms with E-state index in [0.29, 0.717) is 12.2 Å². The first-order valence-electron chi connectivity index (χ1n) is 8.51. The Hall–Kier alpha value is -2.46. The Balaban J connectivity index is 1.79. The van der Waals surface area contributed by atoms with Crippen molar-refractivity contribution in [2.75, 3.05) is 13.2 Å². The summed E-state index contributed by atoms with van der Waals surface area (Å²) in [4.78, 5) is 12.0. The van der Waals surface area contributed by atoms with E-state index in [1.54, 1.807) is 6.08 Å². The summed E-state index contributed by atoms with van der Waals surface area (Å²) in [6.45, 7) is 0.906. The van der Waals surface area contributed by atoms with Crippen LogP contribution in [0.15, 0.2) is 54.6 Å². The predicted octanol–water partition coefficient (Wildman–Crippen LogP) is 4.65. The summed E-state index contributed by atoms with van der Waals surface area (Å²) in [6, 6.07) is 13.0. The lowest BCUT2D eigenvalue weighted by Gasteiger charge is -2.06. The molecule has 1 N–H and O–H groups in total. The van der Waals surface area contributed by atoms with E-state index in [1.165, 1.54) is 30.3 Å². The lowest BCUT2D eigenvalue weighted by molar-refractivity contribution is 0.104. The average Bonchev–Trinajstić information content (AvgIpc) is 2.64. The van der Waals surface area contributed by atoms with Crippen LogP contribution in [-0.4, -0.2) is 24.1 Å². The first-order valence-corrected chi connectivity index (χ1v) is 8.51. The van der Waals surface area contributed by atoms with Gasteiger partial charge in [0.05, 0.1) is 6.61 Å². The topological polar surface area (TPSA) is 46.5 Å². The summed E-state index contributed by atoms with van der Waals surface area (Å²) < 4.78 is 18.5. The fraction of sp³-hybridized carbons (Fsp3) is 0.286. The van der Waals surface area contributed by atoms with Crippen LogP contribution < -0.4 is 4.74 Å². The van der Waals surface area contributed by atoms with Gasteiger partial charge in [0.25, 0.3) is 0 Å². The zero-order chi connectivity index (χ0) is 17.9. The number of rotatable bonds is 10. The van der Waals surface area contributed by atoms with Gasteiger partial charge in [-0.15, -0.1) is 0 Å². The highest BCUT2D eigenvalue weighted by Crippen LogP contribution is 2.14. The van der Waals surface area contributed by atoms with Gasteiger partial charge in [0.1, 0.15) is 11.6 Å². The van der Waals surface area contributed by atoms with Crippen LogP contribution in [-0.2, 0) is 0 Å². The van der Waals surface area contributed by atoms with Crippen molar-refractivity contribution in [1.29, 1.82) is 0 Å². The molecule has 0 radical (unpaired) electrons. The van der Waals surface area contributed by atoms with Crippen LogP contribution in [0.1, 0.15) is 41.6 Å². The van der Waals surface area contributed by atoms with Gasteiger partial charge in [0, 0.05) is 12.2 Å². The molecule has 0 aliphatic heterocycles. The van der Waals surface area contributed by atoms with Crippen LogP contribution >= 0.6 is 0 Å². The van der Waals surface area contributed by atoms with Crippen molar-refractivity contribution in [2.45, 2.75) is 25.7 Å². The van der Waals surface area contributed by atoms with E-state index in [2.05, 4.69) is 0 Å². The Morgan fingerprint density at radius 1 is 0.960 bits per heavy atom. The highest BCUT2D eigenvalue weighted by Gasteiger charge is 2.01. The van der Waals surface area contributed by atoms with E-state index >= 15 is 0 Å². The number of benzene rings is 2. The highest BCUT2D eigenvalue weighted by atomic mass is 19.1. The fourth-order valence-corrected chi connectivity index (χ4v) is 2.31. The number of carbonyl (C=O) groups is 1. The van der Waals surface area contributed by atoms with Crippen LogP contribution in [0.25, 0.3) is 6.08 Å². The molecule has 2 aromatic carbocycles. The molecule has 0 fully saturated rings. The molecule has 0 amide bonds. The Bertz CT molecular complexity index is 675. The molecule has 0 heterocycles. The van der Waals surface area contributed by atoms with Crippen molar-refractivity contribution in [3.05, 3.63) is 71.6 Å². The molecule has 0 bridgehead atoms. The molecule has 0 unspecified atom stereocenters. The van der Waals surface area contributed by atoms with Gasteiger partial charge in [0.2, 0.25) is 0 Å². The second kappa shape index (κ2) is 10.4. The second-order valence-corrected chi connectivity index (χ2v) is 5.76. The Morgan fingerprint density at radius 2 is 1.64 bits per heavy atom. The van der Waals surface area contributed by atoms with Crippen LogP contribution in [0.5, 0.6) is 5.75 Å². The molecule has 4 heteroatoms. The molecule has 0 saturated carbocycles. The Morgan fingerprint density at radius 3 is 2.32 bits per heavy atom. The zero-order valence-corrected chi connectivity index (χ0v) is 14.2. The van der Waals surface area contributed by atoms with Gasteiger partial charge in [-0.1, -0.05) is 24.6 Å². The molecule has 25 heavy (non-hydrogen) atoms. The van der Waals surface area contributed by atoms with Crippen molar-refractivity contribution in [2.24, 2.45) is 0 Å². The number of unbranched alkanes of at least 4 members (excludes halogenated alkanes) is 3. The first kappa shape index (κ1) is 18.9. The predicted molar refractivity (Wildman–Crippen MR) is 97.3 cm³/mol. The van der Waals surface area contributed by atoms with Crippen LogP contribution in [0.4, 0.5) is 4.39 Å². The molecular formula is C21H23FO3. The van der Waals surface area contributed by atoms with Gasteiger partial charge in [-0.05, 0) is 67.3 Å². The minimum atomic E-state index is -0.357. The lowest BCUT2D eigenvalue weighted by atomic mass is 10.1. The van der Waals surface area contributed by atoms with Gasteiger partial charge in [-0.3, -0.25) is 4.79 Å². The van der Waals surface area contributed by atoms with Crippen molar-refractivity contribution in [3.63, 3.8) is 0 Å². The summed E-state index contributed by atoms with van der Waals surface area (Å²) in [5.41, 5.74) is 1.35. The maximum absolute atomic E-state index is 12.9. The number of ether oxygens (including phenoxy) is 1. The monoisotopic (exact) mass is 342 g/mol. The molecule has 3 nitrogen and oxygen atoms in total. The number of hydrogen-bond acceptors (Lipinski definition) is 3. The first-order chi connectivity index (χ1) is 12.2. The maximum atomic E-state index is 12.9. The molecule has 2 aromatic rings. The molecular weight excluding hydrogens is 319 g/mol. The molecule has 2 rings (SSSR count). The molecule has 0 aliphatic carbocycles. The van der Waals surface area contributed by atoms with Gasteiger partial charge >= 0.3 is 0 Å². The van der Waals surface area contributed by atoms with E-state index in [1.807, 2.05) is 24.3 Å². The normalized spacial score (nSPS) is 11.0. The van der Waals surface area contributed by atoms with Gasteiger partial charge in [-0.2, -0.15) is 0 Å². The standard InChI is InChI=1S/C21H23FO3/c22-19-10-8-18(9-11-19)21(24)14-7-17-5-12-20(13-6-17)25-16-4-2-1-3-15-23/h5-14,23H,1-4,15-16H2. The third-order valence-corrected chi connectivity index (χ3v) is 3.76. The lowest BCUT2D eigenvalue weighted by Crippen LogP contribution is -1.97. The van der Waals surface area contributed by atoms with E-state index < -0.39 is 0 Å². The average molecular weight is 342 g/mol. The van der Waals surface area contributed by atoms with Crippen molar-refractivity contribution in [3.8, 4) is 5.75 Å². The van der Waals surface area contributed by atoms with Gasteiger partial charge in [0.15, 0.2) is 5.78 Å². The quantitative estimate of drug-likeness (QED) is 0.388. The fourth-order valence-electron chi connectivity index (χ4n) is 2.31. The second-order valence-electron chi connectivity index (χ2n) is 5.76. The summed E-state index contributed by atoms with van der Waals surface area (Å²) in [6.07, 6.45) is 7.08. The number of halogens is 1. The van der Waals surface area contributed by atoms with E-state index in [4.69, 9.17) is 9.84 Å². The van der Waals surface area contributed by atoms with E-state index in [-0.39, 0.29) is 18.2 Å². The molecule has 0 spiro atoms. The highest BCUT2D eigenvalue weighted by molar-refractivity contribution is 6.06. The van der Waals surface area contributed by atoms with Crippen LogP contribution in [0.2, 0.25) is 0 Å². The smallest absolute Gasteiger partial charge is 0.185 e. The largest absolute Gasteiger partial charge is 0.494 e. The number of hydrogen-bond donors (Lipinski definition) is 1. The number of aliphatic hydroxyl groups excluding tert-OH is 1. The molecule has 132 valence electrons. The summed E-state index contributed by atoms with van der Waals surface area (Å²) in [5.74, 6) is 0.275. The third kappa shape index (κ3) is 6.89. The SMILES string of the molecule is O=C(C=Cc1ccc(OCCCCCCO)cc1)c1ccc(F)cc1. The van der Waals surface area contributed by atoms with E-state index in [0.717, 1.165) is 37.0 Å². The van der Waals surface area contributed by atoms with Gasteiger partial charge in [-0.25, -0.2) is 4.39 Å². The van der Waals surface area contributed by atoms with Crippen LogP contribution in [0.3, 0.4) is 0 Å². The van der Waals surface area contributed by atoms with Crippen molar-refractivity contribution < 1.29 is 19.0 Å². The maximum Gasteiger partial charge on any atom is 0.185 e. The molecule has 0 atom stereocenters. The summed E-state index contributed by atoms with van der Waals surface area (Å²) in [7, 11) is 0. The Kier molecular flexibility index (Phi) is 7.86. The minimum absolute atomic E-state index is 0.164. The number of carbonyl (C=O) groups excluding carboxylic acids is 1. The van der Waals surface area contributed by atoms with Crippen molar-refractivity contribution >= 4 is 11.9 Å². The Labute approximate surface area is 147 Å². The third-order valence-electron chi connectivity index (χ3n) is 3.76. The molecule has 0 saturated heterocycles. The van der Waals surface area contributed by atoms with Crippen LogP contribution in [0, 0.1) is 5.82 Å². The molecule has 0 aromatic heterocycles. The van der Waals surface area contributed by atoms with Gasteiger partial charge < -0.3 is 9.84 Å². The number of ketones is 1.